The summed E-state index contributed by atoms with van der Waals surface area (Å²) in [5, 5.41) is 24.2. The second kappa shape index (κ2) is 6.22. The molecule has 2 N–H and O–H groups in total. The summed E-state index contributed by atoms with van der Waals surface area (Å²) in [6.07, 6.45) is 1.21. The monoisotopic (exact) mass is 287 g/mol. The highest BCUT2D eigenvalue weighted by Gasteiger charge is 2.28. The zero-order valence-electron chi connectivity index (χ0n) is 11.5. The van der Waals surface area contributed by atoms with Gasteiger partial charge >= 0.3 is 0 Å². The minimum atomic E-state index is -0.459. The highest BCUT2D eigenvalue weighted by molar-refractivity contribution is 6.30. The van der Waals surface area contributed by atoms with Crippen LogP contribution in [0.5, 0.6) is 0 Å². The number of aryl methyl sites for hydroxylation is 2. The largest absolute Gasteiger partial charge is 0.396 e. The zero-order chi connectivity index (χ0) is 14.0. The number of rotatable bonds is 4. The third-order valence-corrected chi connectivity index (χ3v) is 4.38. The van der Waals surface area contributed by atoms with E-state index >= 15 is 0 Å². The molecule has 5 nitrogen and oxygen atoms in total. The first kappa shape index (κ1) is 14.8. The normalized spacial score (nSPS) is 24.9. The first-order chi connectivity index (χ1) is 9.06. The molecule has 0 unspecified atom stereocenters. The van der Waals surface area contributed by atoms with E-state index in [4.69, 9.17) is 16.7 Å². The van der Waals surface area contributed by atoms with Crippen LogP contribution in [0.15, 0.2) is 0 Å². The van der Waals surface area contributed by atoms with Gasteiger partial charge in [0.25, 0.3) is 0 Å². The van der Waals surface area contributed by atoms with E-state index < -0.39 is 6.10 Å². The van der Waals surface area contributed by atoms with Gasteiger partial charge in [0.2, 0.25) is 0 Å². The fraction of sp³-hybridized carbons (Fsp3) is 0.769. The lowest BCUT2D eigenvalue weighted by molar-refractivity contribution is -0.00450. The molecule has 19 heavy (non-hydrogen) atoms. The highest BCUT2D eigenvalue weighted by atomic mass is 35.5. The second-order valence-corrected chi connectivity index (χ2v) is 5.59. The molecule has 2 atom stereocenters. The van der Waals surface area contributed by atoms with Crippen molar-refractivity contribution in [2.45, 2.75) is 32.4 Å². The summed E-state index contributed by atoms with van der Waals surface area (Å²) < 4.78 is 1.70. The fourth-order valence-electron chi connectivity index (χ4n) is 2.67. The molecule has 0 aromatic carbocycles. The number of aliphatic hydroxyl groups excluding tert-OH is 2. The van der Waals surface area contributed by atoms with Crippen LogP contribution in [0.3, 0.4) is 0 Å². The Labute approximate surface area is 118 Å². The average Bonchev–Trinajstić information content (AvgIpc) is 2.67. The van der Waals surface area contributed by atoms with Gasteiger partial charge in [0, 0.05) is 38.2 Å². The smallest absolute Gasteiger partial charge is 0.131 e. The third-order valence-electron chi connectivity index (χ3n) is 3.91. The summed E-state index contributed by atoms with van der Waals surface area (Å²) in [4.78, 5) is 2.18. The van der Waals surface area contributed by atoms with Crippen LogP contribution in [0.1, 0.15) is 24.6 Å². The number of β-amino-alcohol motifs (C(OH)–C–C–N with tert-alkyl or cyclic N) is 1. The molecule has 0 saturated carbocycles. The molecule has 0 radical (unpaired) electrons. The minimum absolute atomic E-state index is 0.00580. The lowest BCUT2D eigenvalue weighted by atomic mass is 9.94. The van der Waals surface area contributed by atoms with Gasteiger partial charge in [0.1, 0.15) is 5.15 Å². The highest BCUT2D eigenvalue weighted by Crippen LogP contribution is 2.24. The Morgan fingerprint density at radius 1 is 1.47 bits per heavy atom. The van der Waals surface area contributed by atoms with E-state index in [1.165, 1.54) is 0 Å². The number of hydrogen-bond donors (Lipinski definition) is 2. The third kappa shape index (κ3) is 3.11. The molecule has 2 heterocycles. The van der Waals surface area contributed by atoms with E-state index in [0.29, 0.717) is 18.2 Å². The Balaban J connectivity index is 2.06. The SMILES string of the molecule is CCc1nn(C)c(Cl)c1CN1CC[C@H](CO)[C@@H](O)C1. The number of halogens is 1. The van der Waals surface area contributed by atoms with Crippen molar-refractivity contribution in [1.82, 2.24) is 14.7 Å². The molecule has 1 aliphatic heterocycles. The van der Waals surface area contributed by atoms with Crippen LogP contribution in [0.25, 0.3) is 0 Å². The Morgan fingerprint density at radius 3 is 2.79 bits per heavy atom. The van der Waals surface area contributed by atoms with Crippen molar-refractivity contribution < 1.29 is 10.2 Å². The van der Waals surface area contributed by atoms with Gasteiger partial charge in [0.15, 0.2) is 0 Å². The maximum atomic E-state index is 9.96. The van der Waals surface area contributed by atoms with Gasteiger partial charge < -0.3 is 10.2 Å². The van der Waals surface area contributed by atoms with E-state index in [-0.39, 0.29) is 12.5 Å². The van der Waals surface area contributed by atoms with Crippen LogP contribution in [-0.4, -0.2) is 50.7 Å². The molecule has 108 valence electrons. The van der Waals surface area contributed by atoms with Gasteiger partial charge in [-0.2, -0.15) is 5.10 Å². The average molecular weight is 288 g/mol. The molecule has 1 saturated heterocycles. The Morgan fingerprint density at radius 2 is 2.21 bits per heavy atom. The Bertz CT molecular complexity index is 436. The predicted octanol–water partition coefficient (Wildman–Crippen LogP) is 0.811. The molecule has 0 spiro atoms. The maximum Gasteiger partial charge on any atom is 0.131 e. The van der Waals surface area contributed by atoms with Crippen molar-refractivity contribution in [2.24, 2.45) is 13.0 Å². The van der Waals surface area contributed by atoms with Crippen LogP contribution in [0.2, 0.25) is 5.15 Å². The van der Waals surface area contributed by atoms with Gasteiger partial charge in [-0.1, -0.05) is 18.5 Å². The molecular formula is C13H22ClN3O2. The molecule has 6 heteroatoms. The molecule has 1 aromatic heterocycles. The Kier molecular flexibility index (Phi) is 4.84. The van der Waals surface area contributed by atoms with Crippen LogP contribution in [0, 0.1) is 5.92 Å². The van der Waals surface area contributed by atoms with E-state index in [1.54, 1.807) is 4.68 Å². The molecule has 1 aromatic rings. The van der Waals surface area contributed by atoms with Gasteiger partial charge in [-0.25, -0.2) is 0 Å². The molecular weight excluding hydrogens is 266 g/mol. The number of hydrogen-bond acceptors (Lipinski definition) is 4. The summed E-state index contributed by atoms with van der Waals surface area (Å²) in [6.45, 7) is 4.29. The quantitative estimate of drug-likeness (QED) is 0.860. The van der Waals surface area contributed by atoms with E-state index in [1.807, 2.05) is 7.05 Å². The summed E-state index contributed by atoms with van der Waals surface area (Å²) in [6, 6.07) is 0. The van der Waals surface area contributed by atoms with Gasteiger partial charge in [-0.15, -0.1) is 0 Å². The van der Waals surface area contributed by atoms with Crippen LogP contribution >= 0.6 is 11.6 Å². The van der Waals surface area contributed by atoms with Crippen molar-refractivity contribution in [3.8, 4) is 0 Å². The maximum absolute atomic E-state index is 9.96. The second-order valence-electron chi connectivity index (χ2n) is 5.23. The van der Waals surface area contributed by atoms with Crippen LogP contribution < -0.4 is 0 Å². The summed E-state index contributed by atoms with van der Waals surface area (Å²) >= 11 is 6.28. The van der Waals surface area contributed by atoms with E-state index in [2.05, 4.69) is 16.9 Å². The molecule has 0 aliphatic carbocycles. The van der Waals surface area contributed by atoms with Crippen molar-refractivity contribution >= 4 is 11.6 Å². The Hall–Kier alpha value is -0.620. The van der Waals surface area contributed by atoms with Crippen molar-refractivity contribution in [3.63, 3.8) is 0 Å². The van der Waals surface area contributed by atoms with Gasteiger partial charge in [0.05, 0.1) is 11.8 Å². The van der Waals surface area contributed by atoms with Gasteiger partial charge in [-0.3, -0.25) is 9.58 Å². The number of aliphatic hydroxyl groups is 2. The van der Waals surface area contributed by atoms with Crippen LogP contribution in [0.4, 0.5) is 0 Å². The molecule has 1 fully saturated rings. The first-order valence-corrected chi connectivity index (χ1v) is 7.16. The number of nitrogens with zero attached hydrogens (tertiary/aromatic N) is 3. The topological polar surface area (TPSA) is 61.5 Å². The zero-order valence-corrected chi connectivity index (χ0v) is 12.3. The van der Waals surface area contributed by atoms with E-state index in [0.717, 1.165) is 30.6 Å². The first-order valence-electron chi connectivity index (χ1n) is 6.78. The molecule has 0 bridgehead atoms. The number of aromatic nitrogens is 2. The molecule has 2 rings (SSSR count). The van der Waals surface area contributed by atoms with Crippen molar-refractivity contribution in [2.75, 3.05) is 19.7 Å². The minimum Gasteiger partial charge on any atom is -0.396 e. The van der Waals surface area contributed by atoms with Crippen molar-refractivity contribution in [3.05, 3.63) is 16.4 Å². The van der Waals surface area contributed by atoms with Crippen molar-refractivity contribution in [1.29, 1.82) is 0 Å². The lowest BCUT2D eigenvalue weighted by Gasteiger charge is -2.35. The summed E-state index contributed by atoms with van der Waals surface area (Å²) in [5.41, 5.74) is 2.08. The number of likely N-dealkylation sites (tertiary alicyclic amines) is 1. The molecule has 1 aliphatic rings. The standard InChI is InChI=1S/C13H22ClN3O2/c1-3-11-10(13(14)16(2)15-11)6-17-5-4-9(8-18)12(19)7-17/h9,12,18-19H,3-8H2,1-2H3/t9-,12+/m1/s1. The van der Waals surface area contributed by atoms with Crippen LogP contribution in [-0.2, 0) is 20.0 Å². The van der Waals surface area contributed by atoms with Gasteiger partial charge in [-0.05, 0) is 19.4 Å². The van der Waals surface area contributed by atoms with E-state index in [9.17, 15) is 5.11 Å². The number of piperidine rings is 1. The summed E-state index contributed by atoms with van der Waals surface area (Å²) in [7, 11) is 1.85. The predicted molar refractivity (Wildman–Crippen MR) is 74.1 cm³/mol. The molecule has 0 amide bonds. The lowest BCUT2D eigenvalue weighted by Crippen LogP contribution is -2.44. The summed E-state index contributed by atoms with van der Waals surface area (Å²) in [5.74, 6) is 0.00580. The fourth-order valence-corrected chi connectivity index (χ4v) is 2.87.